The van der Waals surface area contributed by atoms with E-state index >= 15 is 0 Å². The second-order valence-electron chi connectivity index (χ2n) is 4.94. The van der Waals surface area contributed by atoms with Crippen LogP contribution in [-0.4, -0.2) is 24.9 Å². The fraction of sp³-hybridized carbons (Fsp3) is 0.500. The van der Waals surface area contributed by atoms with Crippen molar-refractivity contribution in [2.45, 2.75) is 40.0 Å². The molecule has 0 atom stereocenters. The molecule has 1 aromatic rings. The number of hydrogen-bond donors (Lipinski definition) is 3. The number of unbranched alkanes of at least 4 members (excludes halogenated alkanes) is 1. The Morgan fingerprint density at radius 2 is 1.81 bits per heavy atom. The van der Waals surface area contributed by atoms with Crippen molar-refractivity contribution in [3.63, 3.8) is 0 Å². The number of anilines is 2. The largest absolute Gasteiger partial charge is 0.376 e. The smallest absolute Gasteiger partial charge is 0.239 e. The molecule has 2 amide bonds. The minimum Gasteiger partial charge on any atom is -0.376 e. The Bertz CT molecular complexity index is 486. The molecule has 1 aromatic carbocycles. The van der Waals surface area contributed by atoms with Crippen LogP contribution in [0.3, 0.4) is 0 Å². The van der Waals surface area contributed by atoms with Gasteiger partial charge in [-0.3, -0.25) is 9.59 Å². The Labute approximate surface area is 126 Å². The molecule has 1 rings (SSSR count). The fourth-order valence-electron chi connectivity index (χ4n) is 1.84. The number of hydrogen-bond acceptors (Lipinski definition) is 3. The van der Waals surface area contributed by atoms with Crippen molar-refractivity contribution >= 4 is 23.2 Å². The summed E-state index contributed by atoms with van der Waals surface area (Å²) < 4.78 is 0. The molecule has 0 bridgehead atoms. The van der Waals surface area contributed by atoms with Gasteiger partial charge in [0.25, 0.3) is 0 Å². The van der Waals surface area contributed by atoms with Crippen molar-refractivity contribution in [3.05, 3.63) is 23.8 Å². The molecule has 0 aromatic heterocycles. The van der Waals surface area contributed by atoms with Gasteiger partial charge in [0.05, 0.1) is 6.54 Å². The van der Waals surface area contributed by atoms with E-state index in [0.29, 0.717) is 13.0 Å². The first-order valence-electron chi connectivity index (χ1n) is 7.48. The molecule has 0 radical (unpaired) electrons. The van der Waals surface area contributed by atoms with Crippen molar-refractivity contribution in [2.75, 3.05) is 23.7 Å². The minimum atomic E-state index is -0.0224. The Balaban J connectivity index is 2.57. The van der Waals surface area contributed by atoms with Crippen LogP contribution >= 0.6 is 0 Å². The summed E-state index contributed by atoms with van der Waals surface area (Å²) in [5.41, 5.74) is 2.56. The Hall–Kier alpha value is -2.04. The molecule has 0 unspecified atom stereocenters. The summed E-state index contributed by atoms with van der Waals surface area (Å²) in [6.07, 6.45) is 2.49. The number of carbonyl (C=O) groups is 2. The van der Waals surface area contributed by atoms with Gasteiger partial charge in [-0.15, -0.1) is 0 Å². The first kappa shape index (κ1) is 17.0. The zero-order valence-electron chi connectivity index (χ0n) is 13.1. The van der Waals surface area contributed by atoms with E-state index in [-0.39, 0.29) is 18.4 Å². The molecule has 0 spiro atoms. The van der Waals surface area contributed by atoms with Gasteiger partial charge >= 0.3 is 0 Å². The Kier molecular flexibility index (Phi) is 7.29. The molecular weight excluding hydrogens is 266 g/mol. The predicted molar refractivity (Wildman–Crippen MR) is 86.5 cm³/mol. The monoisotopic (exact) mass is 291 g/mol. The average molecular weight is 291 g/mol. The zero-order chi connectivity index (χ0) is 15.7. The van der Waals surface area contributed by atoms with Crippen LogP contribution in [0.5, 0.6) is 0 Å². The highest BCUT2D eigenvalue weighted by Crippen LogP contribution is 2.23. The molecule has 21 heavy (non-hydrogen) atoms. The van der Waals surface area contributed by atoms with Gasteiger partial charge < -0.3 is 16.0 Å². The summed E-state index contributed by atoms with van der Waals surface area (Å²) in [7, 11) is 0. The zero-order valence-corrected chi connectivity index (χ0v) is 13.1. The van der Waals surface area contributed by atoms with E-state index < -0.39 is 0 Å². The molecule has 0 fully saturated rings. The van der Waals surface area contributed by atoms with Crippen LogP contribution in [-0.2, 0) is 9.59 Å². The molecule has 0 saturated heterocycles. The number of carbonyl (C=O) groups excluding carboxylic acids is 2. The number of benzene rings is 1. The minimum absolute atomic E-state index is 0.0208. The summed E-state index contributed by atoms with van der Waals surface area (Å²) in [5.74, 6) is -0.0431. The maximum atomic E-state index is 11.7. The molecule has 116 valence electrons. The standard InChI is InChI=1S/C16H25N3O2/c1-4-6-10-17-16(21)11-18-13-8-7-9-14(12(13)3)19-15(20)5-2/h7-9,18H,4-6,10-11H2,1-3H3,(H,17,21)(H,19,20). The van der Waals surface area contributed by atoms with Gasteiger partial charge in [0.1, 0.15) is 0 Å². The van der Waals surface area contributed by atoms with E-state index in [9.17, 15) is 9.59 Å². The molecule has 5 heteroatoms. The topological polar surface area (TPSA) is 70.2 Å². The Morgan fingerprint density at radius 3 is 2.48 bits per heavy atom. The highest BCUT2D eigenvalue weighted by Gasteiger charge is 2.07. The molecular formula is C16H25N3O2. The highest BCUT2D eigenvalue weighted by atomic mass is 16.2. The third kappa shape index (κ3) is 5.85. The summed E-state index contributed by atoms with van der Waals surface area (Å²) >= 11 is 0. The lowest BCUT2D eigenvalue weighted by Gasteiger charge is -2.14. The molecule has 0 aliphatic carbocycles. The summed E-state index contributed by atoms with van der Waals surface area (Å²) in [5, 5.41) is 8.82. The van der Waals surface area contributed by atoms with E-state index in [1.807, 2.05) is 32.0 Å². The summed E-state index contributed by atoms with van der Waals surface area (Å²) in [6, 6.07) is 5.61. The Morgan fingerprint density at radius 1 is 1.10 bits per heavy atom. The van der Waals surface area contributed by atoms with Crippen molar-refractivity contribution in [1.82, 2.24) is 5.32 Å². The van der Waals surface area contributed by atoms with Crippen LogP contribution in [0.25, 0.3) is 0 Å². The second-order valence-corrected chi connectivity index (χ2v) is 4.94. The first-order chi connectivity index (χ1) is 10.1. The quantitative estimate of drug-likeness (QED) is 0.645. The third-order valence-corrected chi connectivity index (χ3v) is 3.22. The summed E-state index contributed by atoms with van der Waals surface area (Å²) in [4.78, 5) is 23.1. The molecule has 0 aliphatic heterocycles. The fourth-order valence-corrected chi connectivity index (χ4v) is 1.84. The summed E-state index contributed by atoms with van der Waals surface area (Å²) in [6.45, 7) is 6.76. The van der Waals surface area contributed by atoms with E-state index in [4.69, 9.17) is 0 Å². The van der Waals surface area contributed by atoms with Crippen LogP contribution in [0.4, 0.5) is 11.4 Å². The van der Waals surface area contributed by atoms with Gasteiger partial charge in [-0.1, -0.05) is 26.3 Å². The molecule has 0 saturated carbocycles. The van der Waals surface area contributed by atoms with Crippen molar-refractivity contribution < 1.29 is 9.59 Å². The van der Waals surface area contributed by atoms with Gasteiger partial charge in [-0.25, -0.2) is 0 Å². The van der Waals surface area contributed by atoms with E-state index in [1.54, 1.807) is 0 Å². The highest BCUT2D eigenvalue weighted by molar-refractivity contribution is 5.92. The van der Waals surface area contributed by atoms with Gasteiger partial charge in [-0.2, -0.15) is 0 Å². The van der Waals surface area contributed by atoms with Gasteiger partial charge in [0.2, 0.25) is 11.8 Å². The lowest BCUT2D eigenvalue weighted by molar-refractivity contribution is -0.119. The normalized spacial score (nSPS) is 10.0. The molecule has 0 aliphatic rings. The lowest BCUT2D eigenvalue weighted by Crippen LogP contribution is -2.30. The third-order valence-electron chi connectivity index (χ3n) is 3.22. The van der Waals surface area contributed by atoms with E-state index in [0.717, 1.165) is 29.8 Å². The maximum absolute atomic E-state index is 11.7. The van der Waals surface area contributed by atoms with Gasteiger partial charge in [0, 0.05) is 24.3 Å². The van der Waals surface area contributed by atoms with Crippen molar-refractivity contribution in [2.24, 2.45) is 0 Å². The van der Waals surface area contributed by atoms with Crippen LogP contribution in [0.1, 0.15) is 38.7 Å². The van der Waals surface area contributed by atoms with Crippen LogP contribution in [0.2, 0.25) is 0 Å². The van der Waals surface area contributed by atoms with Crippen LogP contribution < -0.4 is 16.0 Å². The lowest BCUT2D eigenvalue weighted by atomic mass is 10.1. The number of rotatable bonds is 8. The van der Waals surface area contributed by atoms with Gasteiger partial charge in [-0.05, 0) is 31.0 Å². The molecule has 3 N–H and O–H groups in total. The first-order valence-corrected chi connectivity index (χ1v) is 7.48. The second kappa shape index (κ2) is 9.00. The van der Waals surface area contributed by atoms with Crippen LogP contribution in [0, 0.1) is 6.92 Å². The molecule has 5 nitrogen and oxygen atoms in total. The van der Waals surface area contributed by atoms with Crippen molar-refractivity contribution in [1.29, 1.82) is 0 Å². The number of amides is 2. The van der Waals surface area contributed by atoms with E-state index in [2.05, 4.69) is 22.9 Å². The SMILES string of the molecule is CCCCNC(=O)CNc1cccc(NC(=O)CC)c1C. The maximum Gasteiger partial charge on any atom is 0.239 e. The van der Waals surface area contributed by atoms with Crippen molar-refractivity contribution in [3.8, 4) is 0 Å². The number of nitrogens with one attached hydrogen (secondary N) is 3. The predicted octanol–water partition coefficient (Wildman–Crippen LogP) is 2.67. The molecule has 0 heterocycles. The average Bonchev–Trinajstić information content (AvgIpc) is 2.48. The van der Waals surface area contributed by atoms with Gasteiger partial charge in [0.15, 0.2) is 0 Å². The van der Waals surface area contributed by atoms with Crippen LogP contribution in [0.15, 0.2) is 18.2 Å². The van der Waals surface area contributed by atoms with E-state index in [1.165, 1.54) is 0 Å².